The number of para-hydroxylation sites is 1. The van der Waals surface area contributed by atoms with Gasteiger partial charge in [0.1, 0.15) is 12.4 Å². The predicted molar refractivity (Wildman–Crippen MR) is 77.1 cm³/mol. The summed E-state index contributed by atoms with van der Waals surface area (Å²) in [6.45, 7) is 2.77. The Hall–Kier alpha value is -1.49. The zero-order valence-electron chi connectivity index (χ0n) is 11.8. The molecule has 102 valence electrons. The molecule has 19 heavy (non-hydrogen) atoms. The van der Waals surface area contributed by atoms with Crippen LogP contribution in [0.1, 0.15) is 51.0 Å². The Morgan fingerprint density at radius 3 is 2.79 bits per heavy atom. The highest BCUT2D eigenvalue weighted by Gasteiger charge is 2.35. The van der Waals surface area contributed by atoms with Crippen LogP contribution in [0.4, 0.5) is 0 Å². The molecule has 0 N–H and O–H groups in total. The first-order chi connectivity index (χ1) is 9.29. The van der Waals surface area contributed by atoms with Crippen molar-refractivity contribution >= 4 is 0 Å². The molecule has 0 spiro atoms. The maximum absolute atomic E-state index is 9.54. The number of unbranched alkanes of at least 4 members (excludes halogenated alkanes) is 4. The van der Waals surface area contributed by atoms with Crippen molar-refractivity contribution in [2.75, 3.05) is 6.61 Å². The monoisotopic (exact) mass is 257 g/mol. The Bertz CT molecular complexity index is 449. The van der Waals surface area contributed by atoms with Crippen LogP contribution in [0.25, 0.3) is 0 Å². The van der Waals surface area contributed by atoms with Crippen LogP contribution >= 0.6 is 0 Å². The third kappa shape index (κ3) is 3.50. The number of fused-ring (bicyclic) bond motifs is 1. The first-order valence-electron chi connectivity index (χ1n) is 7.42. The summed E-state index contributed by atoms with van der Waals surface area (Å²) in [5, 5.41) is 9.54. The first kappa shape index (κ1) is 13.9. The van der Waals surface area contributed by atoms with Crippen LogP contribution < -0.4 is 4.74 Å². The summed E-state index contributed by atoms with van der Waals surface area (Å²) in [6.07, 6.45) is 8.03. The highest BCUT2D eigenvalue weighted by Crippen LogP contribution is 2.37. The molecule has 0 saturated carbocycles. The van der Waals surface area contributed by atoms with E-state index >= 15 is 0 Å². The molecule has 0 radical (unpaired) electrons. The first-order valence-corrected chi connectivity index (χ1v) is 7.42. The van der Waals surface area contributed by atoms with Gasteiger partial charge in [0.25, 0.3) is 0 Å². The molecule has 0 fully saturated rings. The molecular weight excluding hydrogens is 234 g/mol. The van der Waals surface area contributed by atoms with Gasteiger partial charge >= 0.3 is 0 Å². The lowest BCUT2D eigenvalue weighted by atomic mass is 9.77. The van der Waals surface area contributed by atoms with Crippen LogP contribution in [0.5, 0.6) is 5.75 Å². The van der Waals surface area contributed by atoms with Gasteiger partial charge < -0.3 is 4.74 Å². The Morgan fingerprint density at radius 1 is 1.21 bits per heavy atom. The lowest BCUT2D eigenvalue weighted by Gasteiger charge is -2.32. The van der Waals surface area contributed by atoms with Gasteiger partial charge in [0.2, 0.25) is 0 Å². The maximum atomic E-state index is 9.54. The molecule has 2 heteroatoms. The van der Waals surface area contributed by atoms with Crippen LogP contribution in [0.15, 0.2) is 24.3 Å². The summed E-state index contributed by atoms with van der Waals surface area (Å²) >= 11 is 0. The van der Waals surface area contributed by atoms with E-state index in [1.165, 1.54) is 31.2 Å². The Balaban J connectivity index is 1.92. The van der Waals surface area contributed by atoms with E-state index in [2.05, 4.69) is 19.1 Å². The van der Waals surface area contributed by atoms with Gasteiger partial charge in [0, 0.05) is 0 Å². The molecule has 1 heterocycles. The lowest BCUT2D eigenvalue weighted by molar-refractivity contribution is 0.157. The highest BCUT2D eigenvalue weighted by molar-refractivity contribution is 5.37. The van der Waals surface area contributed by atoms with Crippen molar-refractivity contribution in [3.8, 4) is 11.8 Å². The lowest BCUT2D eigenvalue weighted by Crippen LogP contribution is -2.33. The van der Waals surface area contributed by atoms with Crippen molar-refractivity contribution in [1.82, 2.24) is 0 Å². The van der Waals surface area contributed by atoms with E-state index < -0.39 is 0 Å². The smallest absolute Gasteiger partial charge is 0.122 e. The van der Waals surface area contributed by atoms with E-state index in [1.54, 1.807) is 0 Å². The largest absolute Gasteiger partial charge is 0.492 e. The second-order valence-corrected chi connectivity index (χ2v) is 5.63. The molecule has 1 aromatic carbocycles. The Morgan fingerprint density at radius 2 is 2.00 bits per heavy atom. The van der Waals surface area contributed by atoms with Crippen LogP contribution in [0.2, 0.25) is 0 Å². The van der Waals surface area contributed by atoms with Gasteiger partial charge in [0.15, 0.2) is 0 Å². The number of nitriles is 1. The van der Waals surface area contributed by atoms with Crippen LogP contribution in [0, 0.1) is 16.7 Å². The SMILES string of the molecule is CCCCCCCC1(C#N)COc2ccccc2C1. The molecule has 0 saturated heterocycles. The summed E-state index contributed by atoms with van der Waals surface area (Å²) in [4.78, 5) is 0. The molecule has 2 nitrogen and oxygen atoms in total. The average molecular weight is 257 g/mol. The van der Waals surface area contributed by atoms with Crippen molar-refractivity contribution in [2.24, 2.45) is 5.41 Å². The summed E-state index contributed by atoms with van der Waals surface area (Å²) in [6, 6.07) is 10.6. The van der Waals surface area contributed by atoms with Gasteiger partial charge in [-0.3, -0.25) is 0 Å². The quantitative estimate of drug-likeness (QED) is 0.703. The zero-order valence-corrected chi connectivity index (χ0v) is 11.8. The summed E-state index contributed by atoms with van der Waals surface area (Å²) in [5.74, 6) is 0.958. The number of nitrogens with zero attached hydrogens (tertiary/aromatic N) is 1. The fraction of sp³-hybridized carbons (Fsp3) is 0.588. The molecule has 0 aliphatic carbocycles. The van der Waals surface area contributed by atoms with Gasteiger partial charge in [-0.2, -0.15) is 5.26 Å². The third-order valence-corrected chi connectivity index (χ3v) is 4.00. The molecule has 0 aromatic heterocycles. The van der Waals surface area contributed by atoms with Crippen molar-refractivity contribution in [2.45, 2.75) is 51.9 Å². The zero-order chi connectivity index (χ0) is 13.6. The van der Waals surface area contributed by atoms with Gasteiger partial charge in [-0.15, -0.1) is 0 Å². The molecule has 0 amide bonds. The van der Waals surface area contributed by atoms with Gasteiger partial charge in [0.05, 0.1) is 11.5 Å². The predicted octanol–water partition coefficient (Wildman–Crippen LogP) is 4.49. The fourth-order valence-corrected chi connectivity index (χ4v) is 2.78. The number of rotatable bonds is 6. The maximum Gasteiger partial charge on any atom is 0.122 e. The van der Waals surface area contributed by atoms with E-state index in [0.717, 1.165) is 25.0 Å². The normalized spacial score (nSPS) is 21.3. The number of hydrogen-bond acceptors (Lipinski definition) is 2. The van der Waals surface area contributed by atoms with Crippen molar-refractivity contribution in [1.29, 1.82) is 5.26 Å². The molecular formula is C17H23NO. The van der Waals surface area contributed by atoms with Crippen molar-refractivity contribution < 1.29 is 4.74 Å². The fourth-order valence-electron chi connectivity index (χ4n) is 2.78. The molecule has 1 unspecified atom stereocenters. The topological polar surface area (TPSA) is 33.0 Å². The summed E-state index contributed by atoms with van der Waals surface area (Å²) < 4.78 is 5.79. The minimum atomic E-state index is -0.305. The van der Waals surface area contributed by atoms with Crippen molar-refractivity contribution in [3.63, 3.8) is 0 Å². The van der Waals surface area contributed by atoms with E-state index in [9.17, 15) is 5.26 Å². The molecule has 2 rings (SSSR count). The van der Waals surface area contributed by atoms with E-state index in [0.29, 0.717) is 6.61 Å². The molecule has 1 aromatic rings. The number of benzene rings is 1. The van der Waals surface area contributed by atoms with Gasteiger partial charge in [-0.25, -0.2) is 0 Å². The molecule has 0 bridgehead atoms. The summed E-state index contributed by atoms with van der Waals surface area (Å²) in [5.41, 5.74) is 0.879. The second-order valence-electron chi connectivity index (χ2n) is 5.63. The standard InChI is InChI=1S/C17H23NO/c1-2-3-4-5-8-11-17(13-18)12-15-9-6-7-10-16(15)19-14-17/h6-7,9-10H,2-5,8,11-12,14H2,1H3. The highest BCUT2D eigenvalue weighted by atomic mass is 16.5. The van der Waals surface area contributed by atoms with Gasteiger partial charge in [-0.05, 0) is 24.5 Å². The number of ether oxygens (including phenoxy) is 1. The van der Waals surface area contributed by atoms with E-state index in [-0.39, 0.29) is 5.41 Å². The second kappa shape index (κ2) is 6.61. The Kier molecular flexibility index (Phi) is 4.85. The van der Waals surface area contributed by atoms with Crippen LogP contribution in [0.3, 0.4) is 0 Å². The minimum Gasteiger partial charge on any atom is -0.492 e. The average Bonchev–Trinajstić information content (AvgIpc) is 2.47. The van der Waals surface area contributed by atoms with Gasteiger partial charge in [-0.1, -0.05) is 57.2 Å². The number of hydrogen-bond donors (Lipinski definition) is 0. The van der Waals surface area contributed by atoms with Crippen LogP contribution in [-0.2, 0) is 6.42 Å². The van der Waals surface area contributed by atoms with Crippen LogP contribution in [-0.4, -0.2) is 6.61 Å². The summed E-state index contributed by atoms with van der Waals surface area (Å²) in [7, 11) is 0. The Labute approximate surface area is 116 Å². The van der Waals surface area contributed by atoms with E-state index in [4.69, 9.17) is 4.74 Å². The molecule has 1 atom stereocenters. The minimum absolute atomic E-state index is 0.305. The third-order valence-electron chi connectivity index (χ3n) is 4.00. The molecule has 1 aliphatic rings. The van der Waals surface area contributed by atoms with Crippen molar-refractivity contribution in [3.05, 3.63) is 29.8 Å². The molecule has 1 aliphatic heterocycles. The van der Waals surface area contributed by atoms with E-state index in [1.807, 2.05) is 18.2 Å².